The van der Waals surface area contributed by atoms with Gasteiger partial charge in [0.05, 0.1) is 22.9 Å². The zero-order valence-corrected chi connectivity index (χ0v) is 17.0. The number of piperazine rings is 1. The lowest BCUT2D eigenvalue weighted by atomic mass is 10.2. The highest BCUT2D eigenvalue weighted by atomic mass is 35.5. The summed E-state index contributed by atoms with van der Waals surface area (Å²) in [7, 11) is -3.76. The standard InChI is InChI=1S/C18H20ClN3O3S.ClH/c19-14-4-1-2-7-17(14)26(23,24)22-12-13-25-18-15(5-3-6-16(18)22)21-10-8-20-9-11-21;/h1-7,20H,8-13H2;1H. The maximum Gasteiger partial charge on any atom is 0.266 e. The van der Waals surface area contributed by atoms with Gasteiger partial charge in [-0.3, -0.25) is 4.31 Å². The van der Waals surface area contributed by atoms with Crippen LogP contribution in [-0.2, 0) is 10.0 Å². The summed E-state index contributed by atoms with van der Waals surface area (Å²) in [6.45, 7) is 4.07. The van der Waals surface area contributed by atoms with E-state index in [1.54, 1.807) is 24.3 Å². The molecule has 0 bridgehead atoms. The molecule has 1 saturated heterocycles. The van der Waals surface area contributed by atoms with Crippen molar-refractivity contribution in [2.45, 2.75) is 4.90 Å². The number of rotatable bonds is 3. The molecule has 0 saturated carbocycles. The molecule has 0 unspecified atom stereocenters. The van der Waals surface area contributed by atoms with Gasteiger partial charge in [0.25, 0.3) is 10.0 Å². The van der Waals surface area contributed by atoms with Crippen LogP contribution < -0.4 is 19.3 Å². The van der Waals surface area contributed by atoms with Crippen LogP contribution >= 0.6 is 24.0 Å². The fourth-order valence-corrected chi connectivity index (χ4v) is 5.33. The monoisotopic (exact) mass is 429 g/mol. The number of ether oxygens (including phenoxy) is 1. The van der Waals surface area contributed by atoms with Crippen molar-refractivity contribution < 1.29 is 13.2 Å². The van der Waals surface area contributed by atoms with Crippen LogP contribution in [0.1, 0.15) is 0 Å². The highest BCUT2D eigenvalue weighted by molar-refractivity contribution is 7.93. The highest BCUT2D eigenvalue weighted by Gasteiger charge is 2.33. The first-order valence-electron chi connectivity index (χ1n) is 8.58. The number of hydrogen-bond acceptors (Lipinski definition) is 5. The van der Waals surface area contributed by atoms with Gasteiger partial charge < -0.3 is 15.0 Å². The fraction of sp³-hybridized carbons (Fsp3) is 0.333. The number of benzene rings is 2. The maximum absolute atomic E-state index is 13.2. The van der Waals surface area contributed by atoms with Crippen molar-refractivity contribution in [3.05, 3.63) is 47.5 Å². The van der Waals surface area contributed by atoms with E-state index < -0.39 is 10.0 Å². The van der Waals surface area contributed by atoms with Crippen LogP contribution in [0.5, 0.6) is 5.75 Å². The molecule has 146 valence electrons. The first-order chi connectivity index (χ1) is 12.6. The normalized spacial score (nSPS) is 16.9. The topological polar surface area (TPSA) is 61.9 Å². The minimum Gasteiger partial charge on any atom is -0.487 e. The molecule has 0 spiro atoms. The summed E-state index contributed by atoms with van der Waals surface area (Å²) in [5.74, 6) is 0.622. The van der Waals surface area contributed by atoms with E-state index in [4.69, 9.17) is 16.3 Å². The van der Waals surface area contributed by atoms with Gasteiger partial charge in [-0.2, -0.15) is 0 Å². The minimum atomic E-state index is -3.76. The predicted octanol–water partition coefficient (Wildman–Crippen LogP) is 2.76. The molecule has 0 atom stereocenters. The van der Waals surface area contributed by atoms with E-state index in [0.29, 0.717) is 18.0 Å². The summed E-state index contributed by atoms with van der Waals surface area (Å²) in [5.41, 5.74) is 1.50. The molecule has 2 aromatic rings. The molecule has 0 aromatic heterocycles. The molecule has 2 aromatic carbocycles. The third kappa shape index (κ3) is 3.69. The maximum atomic E-state index is 13.2. The second kappa shape index (κ2) is 8.14. The average Bonchev–Trinajstić information content (AvgIpc) is 2.68. The second-order valence-electron chi connectivity index (χ2n) is 6.22. The Morgan fingerprint density at radius 1 is 0.963 bits per heavy atom. The van der Waals surface area contributed by atoms with Crippen LogP contribution in [0.3, 0.4) is 0 Å². The molecule has 9 heteroatoms. The van der Waals surface area contributed by atoms with Gasteiger partial charge >= 0.3 is 0 Å². The molecule has 0 amide bonds. The highest BCUT2D eigenvalue weighted by Crippen LogP contribution is 2.43. The molecule has 4 rings (SSSR count). The van der Waals surface area contributed by atoms with Crippen LogP contribution in [0.25, 0.3) is 0 Å². The molecule has 1 fully saturated rings. The van der Waals surface area contributed by atoms with Gasteiger partial charge in [0, 0.05) is 26.2 Å². The van der Waals surface area contributed by atoms with Crippen LogP contribution in [0.15, 0.2) is 47.4 Å². The van der Waals surface area contributed by atoms with Crippen molar-refractivity contribution >= 4 is 45.4 Å². The number of halogens is 2. The van der Waals surface area contributed by atoms with E-state index in [0.717, 1.165) is 31.9 Å². The first-order valence-corrected chi connectivity index (χ1v) is 10.4. The number of para-hydroxylation sites is 1. The Balaban J connectivity index is 0.00000210. The van der Waals surface area contributed by atoms with Crippen molar-refractivity contribution in [2.75, 3.05) is 48.5 Å². The lowest BCUT2D eigenvalue weighted by molar-refractivity contribution is 0.315. The number of nitrogens with one attached hydrogen (secondary N) is 1. The summed E-state index contributed by atoms with van der Waals surface area (Å²) in [6, 6.07) is 12.2. The van der Waals surface area contributed by atoms with E-state index in [2.05, 4.69) is 10.2 Å². The van der Waals surface area contributed by atoms with E-state index in [9.17, 15) is 8.42 Å². The van der Waals surface area contributed by atoms with Gasteiger partial charge in [0.1, 0.15) is 11.5 Å². The molecule has 0 aliphatic carbocycles. The summed E-state index contributed by atoms with van der Waals surface area (Å²) in [4.78, 5) is 2.34. The van der Waals surface area contributed by atoms with Crippen molar-refractivity contribution in [1.82, 2.24) is 5.32 Å². The Bertz CT molecular complexity index is 918. The lowest BCUT2D eigenvalue weighted by Crippen LogP contribution is -2.44. The number of anilines is 2. The summed E-state index contributed by atoms with van der Waals surface area (Å²) in [6.07, 6.45) is 0. The van der Waals surface area contributed by atoms with Gasteiger partial charge in [0.2, 0.25) is 0 Å². The number of hydrogen-bond donors (Lipinski definition) is 1. The summed E-state index contributed by atoms with van der Waals surface area (Å²) < 4.78 is 33.7. The largest absolute Gasteiger partial charge is 0.487 e. The zero-order chi connectivity index (χ0) is 18.1. The minimum absolute atomic E-state index is 0. The third-order valence-corrected chi connectivity index (χ3v) is 6.96. The van der Waals surface area contributed by atoms with Crippen LogP contribution in [0.2, 0.25) is 5.02 Å². The van der Waals surface area contributed by atoms with E-state index in [1.165, 1.54) is 10.4 Å². The third-order valence-electron chi connectivity index (χ3n) is 4.65. The molecule has 2 aliphatic heterocycles. The molecule has 1 N–H and O–H groups in total. The van der Waals surface area contributed by atoms with Crippen molar-refractivity contribution in [1.29, 1.82) is 0 Å². The Labute approximate surface area is 170 Å². The SMILES string of the molecule is Cl.O=S(=O)(c1ccccc1Cl)N1CCOc2c(N3CCNCC3)cccc21. The summed E-state index contributed by atoms with van der Waals surface area (Å²) in [5, 5.41) is 3.54. The fourth-order valence-electron chi connectivity index (χ4n) is 3.39. The zero-order valence-electron chi connectivity index (χ0n) is 14.6. The predicted molar refractivity (Wildman–Crippen MR) is 110 cm³/mol. The number of sulfonamides is 1. The second-order valence-corrected chi connectivity index (χ2v) is 8.46. The first kappa shape index (κ1) is 20.1. The van der Waals surface area contributed by atoms with Gasteiger partial charge in [-0.1, -0.05) is 29.8 Å². The Kier molecular flexibility index (Phi) is 6.05. The molecule has 2 heterocycles. The van der Waals surface area contributed by atoms with Crippen LogP contribution in [0.4, 0.5) is 11.4 Å². The summed E-state index contributed by atoms with van der Waals surface area (Å²) >= 11 is 6.16. The molecule has 0 radical (unpaired) electrons. The van der Waals surface area contributed by atoms with Crippen molar-refractivity contribution in [3.8, 4) is 5.75 Å². The Morgan fingerprint density at radius 2 is 1.67 bits per heavy atom. The molecular formula is C18H21Cl2N3O3S. The molecule has 27 heavy (non-hydrogen) atoms. The molecular weight excluding hydrogens is 409 g/mol. The smallest absolute Gasteiger partial charge is 0.266 e. The number of fused-ring (bicyclic) bond motifs is 1. The van der Waals surface area contributed by atoms with E-state index >= 15 is 0 Å². The van der Waals surface area contributed by atoms with Crippen LogP contribution in [0, 0.1) is 0 Å². The lowest BCUT2D eigenvalue weighted by Gasteiger charge is -2.36. The molecule has 6 nitrogen and oxygen atoms in total. The Hall–Kier alpha value is -1.67. The van der Waals surface area contributed by atoms with Gasteiger partial charge in [-0.25, -0.2) is 8.42 Å². The number of nitrogens with zero attached hydrogens (tertiary/aromatic N) is 2. The van der Waals surface area contributed by atoms with Gasteiger partial charge in [-0.05, 0) is 24.3 Å². The molecule has 2 aliphatic rings. The van der Waals surface area contributed by atoms with Crippen molar-refractivity contribution in [2.24, 2.45) is 0 Å². The Morgan fingerprint density at radius 3 is 2.41 bits per heavy atom. The van der Waals surface area contributed by atoms with Crippen molar-refractivity contribution in [3.63, 3.8) is 0 Å². The van der Waals surface area contributed by atoms with Gasteiger partial charge in [-0.15, -0.1) is 12.4 Å². The van der Waals surface area contributed by atoms with E-state index in [1.807, 2.05) is 12.1 Å². The van der Waals surface area contributed by atoms with Crippen LogP contribution in [-0.4, -0.2) is 47.7 Å². The quantitative estimate of drug-likeness (QED) is 0.812. The van der Waals surface area contributed by atoms with Gasteiger partial charge in [0.15, 0.2) is 5.75 Å². The van der Waals surface area contributed by atoms with E-state index in [-0.39, 0.29) is 28.9 Å². The average molecular weight is 430 g/mol.